The summed E-state index contributed by atoms with van der Waals surface area (Å²) in [6.07, 6.45) is 9.22. The summed E-state index contributed by atoms with van der Waals surface area (Å²) in [5, 5.41) is 9.30. The van der Waals surface area contributed by atoms with Crippen molar-refractivity contribution in [3.63, 3.8) is 0 Å². The molecule has 0 spiro atoms. The number of rotatable bonds is 9. The lowest BCUT2D eigenvalue weighted by atomic mass is 9.72. The van der Waals surface area contributed by atoms with Crippen molar-refractivity contribution >= 4 is 30.8 Å². The lowest BCUT2D eigenvalue weighted by molar-refractivity contribution is -0.153. The van der Waals surface area contributed by atoms with E-state index in [1.54, 1.807) is 13.3 Å². The van der Waals surface area contributed by atoms with E-state index in [2.05, 4.69) is 23.4 Å². The third-order valence-corrected chi connectivity index (χ3v) is 5.34. The van der Waals surface area contributed by atoms with E-state index in [0.717, 1.165) is 24.6 Å². The van der Waals surface area contributed by atoms with Crippen LogP contribution in [0.3, 0.4) is 0 Å². The highest BCUT2D eigenvalue weighted by atomic mass is 35.5. The highest BCUT2D eigenvalue weighted by Gasteiger charge is 2.26. The Morgan fingerprint density at radius 1 is 1.41 bits per heavy atom. The van der Waals surface area contributed by atoms with E-state index in [-0.39, 0.29) is 37.3 Å². The number of hydrogen-bond donors (Lipinski definition) is 2. The molecule has 27 heavy (non-hydrogen) atoms. The van der Waals surface area contributed by atoms with Gasteiger partial charge in [-0.1, -0.05) is 13.8 Å². The van der Waals surface area contributed by atoms with Crippen LogP contribution in [0.5, 0.6) is 0 Å². The van der Waals surface area contributed by atoms with E-state index in [1.165, 1.54) is 25.7 Å². The van der Waals surface area contributed by atoms with Crippen LogP contribution in [0.2, 0.25) is 0 Å². The number of imidazole rings is 1. The summed E-state index contributed by atoms with van der Waals surface area (Å²) in [4.78, 5) is 15.7. The topological polar surface area (TPSA) is 90.4 Å². The fraction of sp³-hybridized carbons (Fsp3) is 0.789. The maximum Gasteiger partial charge on any atom is 0.333 e. The van der Waals surface area contributed by atoms with Crippen LogP contribution >= 0.6 is 24.8 Å². The Hall–Kier alpha value is -0.820. The van der Waals surface area contributed by atoms with Gasteiger partial charge >= 0.3 is 5.97 Å². The highest BCUT2D eigenvalue weighted by molar-refractivity contribution is 5.85. The number of nitrogens with zero attached hydrogens (tertiary/aromatic N) is 2. The largest absolute Gasteiger partial charge is 0.479 e. The number of carboxylic acid groups (broad SMARTS) is 1. The zero-order valence-electron chi connectivity index (χ0n) is 16.6. The van der Waals surface area contributed by atoms with Crippen LogP contribution in [-0.2, 0) is 22.5 Å². The van der Waals surface area contributed by atoms with Gasteiger partial charge in [0.15, 0.2) is 6.10 Å². The lowest BCUT2D eigenvalue weighted by Crippen LogP contribution is -2.33. The van der Waals surface area contributed by atoms with Crippen LogP contribution in [-0.4, -0.2) is 39.4 Å². The van der Waals surface area contributed by atoms with Gasteiger partial charge in [0.1, 0.15) is 0 Å². The summed E-state index contributed by atoms with van der Waals surface area (Å²) < 4.78 is 7.54. The Morgan fingerprint density at radius 3 is 2.59 bits per heavy atom. The molecule has 0 bridgehead atoms. The van der Waals surface area contributed by atoms with Crippen LogP contribution in [0.4, 0.5) is 0 Å². The average molecular weight is 424 g/mol. The molecule has 0 aromatic carbocycles. The molecule has 158 valence electrons. The molecule has 1 aromatic heterocycles. The van der Waals surface area contributed by atoms with Crippen molar-refractivity contribution in [1.29, 1.82) is 0 Å². The fourth-order valence-electron chi connectivity index (χ4n) is 3.43. The summed E-state index contributed by atoms with van der Waals surface area (Å²) >= 11 is 0. The van der Waals surface area contributed by atoms with E-state index in [0.29, 0.717) is 12.0 Å². The van der Waals surface area contributed by atoms with E-state index in [4.69, 9.17) is 10.5 Å². The second kappa shape index (κ2) is 11.9. The van der Waals surface area contributed by atoms with E-state index >= 15 is 0 Å². The van der Waals surface area contributed by atoms with Gasteiger partial charge in [0.05, 0.1) is 18.1 Å². The van der Waals surface area contributed by atoms with Crippen LogP contribution in [0.15, 0.2) is 12.5 Å². The molecule has 2 rings (SSSR count). The molecular weight excluding hydrogens is 389 g/mol. The molecule has 0 saturated heterocycles. The van der Waals surface area contributed by atoms with Crippen molar-refractivity contribution < 1.29 is 14.6 Å². The summed E-state index contributed by atoms with van der Waals surface area (Å²) in [5.74, 6) is -0.181. The molecule has 2 atom stereocenters. The first-order chi connectivity index (χ1) is 11.8. The monoisotopic (exact) mass is 423 g/mol. The van der Waals surface area contributed by atoms with Crippen molar-refractivity contribution in [2.45, 2.75) is 78.0 Å². The number of ether oxygens (including phenoxy) is 1. The Morgan fingerprint density at radius 2 is 2.04 bits per heavy atom. The fourth-order valence-corrected chi connectivity index (χ4v) is 3.43. The number of hydrogen-bond acceptors (Lipinski definition) is 4. The number of halogens is 2. The molecular formula is C19H35Cl2N3O3. The number of aromatic nitrogens is 2. The minimum absolute atomic E-state index is 0. The molecule has 0 radical (unpaired) electrons. The van der Waals surface area contributed by atoms with Gasteiger partial charge in [-0.3, -0.25) is 0 Å². The van der Waals surface area contributed by atoms with Crippen molar-refractivity contribution in [2.24, 2.45) is 17.1 Å². The van der Waals surface area contributed by atoms with Gasteiger partial charge < -0.3 is 20.1 Å². The first kappa shape index (κ1) is 26.2. The minimum atomic E-state index is -0.973. The summed E-state index contributed by atoms with van der Waals surface area (Å²) in [6.45, 7) is 7.74. The second-order valence-electron chi connectivity index (χ2n) is 8.21. The Balaban J connectivity index is 0.00000338. The molecule has 0 unspecified atom stereocenters. The third-order valence-electron chi connectivity index (χ3n) is 5.34. The molecule has 1 heterocycles. The molecule has 1 aliphatic rings. The van der Waals surface area contributed by atoms with Gasteiger partial charge in [0.2, 0.25) is 0 Å². The summed E-state index contributed by atoms with van der Waals surface area (Å²) in [5.41, 5.74) is 6.76. The quantitative estimate of drug-likeness (QED) is 0.631. The van der Waals surface area contributed by atoms with Crippen molar-refractivity contribution in [3.05, 3.63) is 18.2 Å². The Bertz CT molecular complexity index is 556. The number of carboxylic acids is 1. The molecule has 0 aliphatic heterocycles. The van der Waals surface area contributed by atoms with Crippen molar-refractivity contribution in [3.8, 4) is 0 Å². The lowest BCUT2D eigenvalue weighted by Gasteiger charge is -2.34. The standard InChI is InChI=1S/C19H33N3O3.2ClH/c1-14(11-20)25-17(18(23)24)10-16-12-22(13-21-16)9-6-15-4-7-19(2,3)8-5-15;;/h12-15,17H,4-11,20H2,1-3H3,(H,23,24);2*1H/t14-,17+;;/m1../s1. The molecule has 3 N–H and O–H groups in total. The van der Waals surface area contributed by atoms with Crippen molar-refractivity contribution in [1.82, 2.24) is 9.55 Å². The van der Waals surface area contributed by atoms with Crippen LogP contribution < -0.4 is 5.73 Å². The van der Waals surface area contributed by atoms with Gasteiger partial charge in [-0.25, -0.2) is 9.78 Å². The van der Waals surface area contributed by atoms with E-state index < -0.39 is 12.1 Å². The zero-order valence-corrected chi connectivity index (χ0v) is 18.2. The van der Waals surface area contributed by atoms with Gasteiger partial charge in [0, 0.05) is 25.7 Å². The third kappa shape index (κ3) is 8.81. The Kier molecular flexibility index (Phi) is 11.5. The molecule has 1 aliphatic carbocycles. The zero-order chi connectivity index (χ0) is 18.4. The van der Waals surface area contributed by atoms with Gasteiger partial charge in [0.25, 0.3) is 0 Å². The SMILES string of the molecule is C[C@H](CN)O[C@@H](Cc1cn(CCC2CCC(C)(C)CC2)cn1)C(=O)O.Cl.Cl. The predicted molar refractivity (Wildman–Crippen MR) is 112 cm³/mol. The van der Waals surface area contributed by atoms with Gasteiger partial charge in [-0.15, -0.1) is 24.8 Å². The maximum atomic E-state index is 11.3. The molecule has 8 heteroatoms. The van der Waals surface area contributed by atoms with Gasteiger partial charge in [-0.05, 0) is 50.4 Å². The van der Waals surface area contributed by atoms with E-state index in [1.807, 2.05) is 6.20 Å². The summed E-state index contributed by atoms with van der Waals surface area (Å²) in [7, 11) is 0. The van der Waals surface area contributed by atoms with Crippen LogP contribution in [0, 0.1) is 11.3 Å². The molecule has 1 aromatic rings. The normalized spacial score (nSPS) is 18.8. The smallest absolute Gasteiger partial charge is 0.333 e. The van der Waals surface area contributed by atoms with Crippen LogP contribution in [0.1, 0.15) is 58.6 Å². The van der Waals surface area contributed by atoms with Crippen LogP contribution in [0.25, 0.3) is 0 Å². The number of aryl methyl sites for hydroxylation is 1. The average Bonchev–Trinajstić information content (AvgIpc) is 3.00. The Labute approximate surface area is 175 Å². The molecule has 6 nitrogen and oxygen atoms in total. The second-order valence-corrected chi connectivity index (χ2v) is 8.21. The maximum absolute atomic E-state index is 11.3. The van der Waals surface area contributed by atoms with Gasteiger partial charge in [-0.2, -0.15) is 0 Å². The molecule has 1 saturated carbocycles. The minimum Gasteiger partial charge on any atom is -0.479 e. The molecule has 0 amide bonds. The highest BCUT2D eigenvalue weighted by Crippen LogP contribution is 2.39. The number of aliphatic carboxylic acids is 1. The first-order valence-electron chi connectivity index (χ1n) is 9.38. The number of nitrogens with two attached hydrogens (primary N) is 1. The number of carbonyl (C=O) groups is 1. The summed E-state index contributed by atoms with van der Waals surface area (Å²) in [6, 6.07) is 0. The van der Waals surface area contributed by atoms with E-state index in [9.17, 15) is 9.90 Å². The predicted octanol–water partition coefficient (Wildman–Crippen LogP) is 3.69. The first-order valence-corrected chi connectivity index (χ1v) is 9.38. The molecule has 1 fully saturated rings. The van der Waals surface area contributed by atoms with Crippen molar-refractivity contribution in [2.75, 3.05) is 6.54 Å².